The van der Waals surface area contributed by atoms with Gasteiger partial charge in [-0.3, -0.25) is 0 Å². The van der Waals surface area contributed by atoms with Gasteiger partial charge in [0.15, 0.2) is 5.58 Å². The highest BCUT2D eigenvalue weighted by Crippen LogP contribution is 2.63. The van der Waals surface area contributed by atoms with E-state index in [0.29, 0.717) is 0 Å². The van der Waals surface area contributed by atoms with Crippen LogP contribution in [0.1, 0.15) is 95.8 Å². The van der Waals surface area contributed by atoms with Crippen LogP contribution in [0.4, 0.5) is 56.9 Å². The van der Waals surface area contributed by atoms with Gasteiger partial charge in [0.25, 0.3) is 6.71 Å². The van der Waals surface area contributed by atoms with Crippen LogP contribution in [0.5, 0.6) is 0 Å². The molecule has 6 aliphatic rings. The molecule has 7 heteroatoms. The zero-order valence-corrected chi connectivity index (χ0v) is 45.2. The average Bonchev–Trinajstić information content (AvgIpc) is 4.29. The lowest BCUT2D eigenvalue weighted by Gasteiger charge is -2.51. The van der Waals surface area contributed by atoms with E-state index in [-0.39, 0.29) is 28.6 Å². The van der Waals surface area contributed by atoms with Gasteiger partial charge in [-0.2, -0.15) is 0 Å². The normalized spacial score (nSPS) is 23.6. The van der Waals surface area contributed by atoms with E-state index >= 15 is 0 Å². The van der Waals surface area contributed by atoms with Crippen molar-refractivity contribution in [1.82, 2.24) is 0 Å². The van der Waals surface area contributed by atoms with Gasteiger partial charge in [-0.05, 0) is 164 Å². The lowest BCUT2D eigenvalue weighted by molar-refractivity contribution is 0.195. The van der Waals surface area contributed by atoms with Crippen molar-refractivity contribution in [3.8, 4) is 0 Å². The maximum Gasteiger partial charge on any atom is 0.252 e. The Labute approximate surface area is 456 Å². The Morgan fingerprint density at radius 1 is 0.385 bits per heavy atom. The number of nitrogens with zero attached hydrogens (tertiary/aromatic N) is 4. The largest absolute Gasteiger partial charge is 0.456 e. The van der Waals surface area contributed by atoms with Crippen molar-refractivity contribution >= 4 is 124 Å². The Morgan fingerprint density at radius 3 is 1.51 bits per heavy atom. The van der Waals surface area contributed by atoms with Crippen LogP contribution < -0.4 is 36.0 Å². The molecule has 0 amide bonds. The zero-order valence-electron chi connectivity index (χ0n) is 45.2. The van der Waals surface area contributed by atoms with Gasteiger partial charge in [-0.1, -0.05) is 137 Å². The summed E-state index contributed by atoms with van der Waals surface area (Å²) < 4.78 is 13.6. The number of aryl methyl sites for hydroxylation is 1. The van der Waals surface area contributed by atoms with E-state index in [1.165, 1.54) is 117 Å². The number of hydrogen-bond acceptors (Lipinski definition) is 6. The molecule has 0 N–H and O–H groups in total. The summed E-state index contributed by atoms with van der Waals surface area (Å²) in [7, 11) is 0. The Morgan fingerprint density at radius 2 is 0.872 bits per heavy atom. The monoisotopic (exact) mass is 1010 g/mol. The van der Waals surface area contributed by atoms with Crippen LogP contribution in [-0.4, -0.2) is 17.8 Å². The summed E-state index contributed by atoms with van der Waals surface area (Å²) in [5, 5.41) is 4.49. The summed E-state index contributed by atoms with van der Waals surface area (Å²) in [5.74, 6) is 0. The number of furan rings is 2. The van der Waals surface area contributed by atoms with Gasteiger partial charge in [-0.15, -0.1) is 0 Å². The quantitative estimate of drug-likeness (QED) is 0.164. The molecule has 4 atom stereocenters. The number of para-hydroxylation sites is 5. The first-order valence-corrected chi connectivity index (χ1v) is 28.7. The molecule has 6 heterocycles. The molecule has 4 unspecified atom stereocenters. The molecule has 0 bridgehead atoms. The Bertz CT molecular complexity index is 4400. The van der Waals surface area contributed by atoms with E-state index in [9.17, 15) is 0 Å². The van der Waals surface area contributed by atoms with E-state index < -0.39 is 0 Å². The number of fused-ring (bicyclic) bond motifs is 16. The Kier molecular flexibility index (Phi) is 8.94. The predicted octanol–water partition coefficient (Wildman–Crippen LogP) is 17.4. The Balaban J connectivity index is 0.952. The van der Waals surface area contributed by atoms with Gasteiger partial charge in [0.1, 0.15) is 16.7 Å². The van der Waals surface area contributed by atoms with Crippen LogP contribution in [0.3, 0.4) is 0 Å². The summed E-state index contributed by atoms with van der Waals surface area (Å²) in [6.45, 7) is 12.4. The molecule has 380 valence electrons. The van der Waals surface area contributed by atoms with E-state index in [2.05, 4.69) is 236 Å². The molecular weight excluding hydrogens is 952 g/mol. The maximum absolute atomic E-state index is 7.05. The minimum absolute atomic E-state index is 0.0210. The van der Waals surface area contributed by atoms with Gasteiger partial charge >= 0.3 is 0 Å². The fraction of sp³-hybridized carbons (Fsp3) is 0.239. The Hall–Kier alpha value is -8.16. The van der Waals surface area contributed by atoms with Crippen LogP contribution >= 0.6 is 0 Å². The van der Waals surface area contributed by atoms with Crippen molar-refractivity contribution < 1.29 is 8.83 Å². The van der Waals surface area contributed by atoms with Crippen molar-refractivity contribution in [2.45, 2.75) is 108 Å². The van der Waals surface area contributed by atoms with Crippen LogP contribution in [0.2, 0.25) is 0 Å². The number of anilines is 10. The highest BCUT2D eigenvalue weighted by Gasteiger charge is 2.59. The van der Waals surface area contributed by atoms with Gasteiger partial charge in [0.2, 0.25) is 0 Å². The summed E-state index contributed by atoms with van der Waals surface area (Å²) in [4.78, 5) is 10.7. The molecule has 2 aliphatic carbocycles. The molecule has 11 aromatic rings. The molecule has 17 rings (SSSR count). The lowest BCUT2D eigenvalue weighted by Crippen LogP contribution is -2.61. The van der Waals surface area contributed by atoms with Gasteiger partial charge in [0, 0.05) is 83.6 Å². The average molecular weight is 1010 g/mol. The predicted molar refractivity (Wildman–Crippen MR) is 325 cm³/mol. The van der Waals surface area contributed by atoms with Gasteiger partial charge in [-0.25, -0.2) is 0 Å². The first-order valence-electron chi connectivity index (χ1n) is 28.7. The highest BCUT2D eigenvalue weighted by molar-refractivity contribution is 7.00. The van der Waals surface area contributed by atoms with Crippen LogP contribution in [0.25, 0.3) is 43.9 Å². The number of hydrogen-bond donors (Lipinski definition) is 0. The SMILES string of the molecule is Cc1cc2c3c(c1)N(c1cccc4c1oc1ccccc14)c1cc(N4c5ccccc5C5(C)CCCCC45C)ccc1B3c1ccc(N3c4ccccc4C4(C)CCCCC34C)cc1N2c1ccc2oc3ccccc3c2c1. The van der Waals surface area contributed by atoms with Crippen molar-refractivity contribution in [3.05, 3.63) is 199 Å². The van der Waals surface area contributed by atoms with Crippen LogP contribution in [0.15, 0.2) is 191 Å². The third-order valence-corrected chi connectivity index (χ3v) is 21.0. The fourth-order valence-electron chi connectivity index (χ4n) is 16.9. The summed E-state index contributed by atoms with van der Waals surface area (Å²) in [5.41, 5.74) is 23.5. The first-order chi connectivity index (χ1) is 38.1. The van der Waals surface area contributed by atoms with Gasteiger partial charge < -0.3 is 28.4 Å². The highest BCUT2D eigenvalue weighted by atomic mass is 16.3. The number of rotatable bonds is 4. The van der Waals surface area contributed by atoms with Crippen molar-refractivity contribution in [3.63, 3.8) is 0 Å². The summed E-state index contributed by atoms with van der Waals surface area (Å²) in [6, 6.07) is 69.1. The first kappa shape index (κ1) is 44.9. The van der Waals surface area contributed by atoms with Crippen molar-refractivity contribution in [2.75, 3.05) is 19.6 Å². The molecule has 0 saturated heterocycles. The third kappa shape index (κ3) is 5.59. The topological polar surface area (TPSA) is 39.2 Å². The minimum Gasteiger partial charge on any atom is -0.456 e. The lowest BCUT2D eigenvalue weighted by atomic mass is 9.33. The van der Waals surface area contributed by atoms with E-state index in [4.69, 9.17) is 8.83 Å². The molecule has 2 saturated carbocycles. The molecule has 78 heavy (non-hydrogen) atoms. The molecule has 4 aliphatic heterocycles. The second kappa shape index (κ2) is 15.5. The molecule has 0 spiro atoms. The van der Waals surface area contributed by atoms with E-state index in [1.54, 1.807) is 0 Å². The van der Waals surface area contributed by atoms with Crippen LogP contribution in [0, 0.1) is 6.92 Å². The minimum atomic E-state index is -0.0991. The van der Waals surface area contributed by atoms with Crippen molar-refractivity contribution in [1.29, 1.82) is 0 Å². The van der Waals surface area contributed by atoms with E-state index in [0.717, 1.165) is 68.1 Å². The molecule has 2 aromatic heterocycles. The number of benzene rings is 9. The van der Waals surface area contributed by atoms with Crippen LogP contribution in [-0.2, 0) is 10.8 Å². The zero-order chi connectivity index (χ0) is 52.0. The standard InChI is InChI=1S/C71H61BN4O2/c1-44-39-61-66-62(40-44)74(58-26-18-21-50-48-19-6-13-28-64(48)78-67(50)58)60-43-47(76-57-25-11-9-23-53(57)69(3)36-15-17-38-71(69,76)5)30-33-55(60)72(66)54-32-29-46(75-56-24-10-8-22-52(56)68(2)35-14-16-37-70(68,75)4)42-59(54)73(61)45-31-34-65-51(41-45)49-20-7-12-27-63(49)77-65/h6-13,18-34,39-43H,14-17,35-38H2,1-5H3. The second-order valence-electron chi connectivity index (χ2n) is 24.7. The molecule has 0 radical (unpaired) electrons. The molecule has 9 aromatic carbocycles. The van der Waals surface area contributed by atoms with E-state index in [1.807, 2.05) is 0 Å². The summed E-state index contributed by atoms with van der Waals surface area (Å²) >= 11 is 0. The molecular formula is C71H61BN4O2. The molecule has 2 fully saturated rings. The van der Waals surface area contributed by atoms with Gasteiger partial charge in [0.05, 0.1) is 16.8 Å². The van der Waals surface area contributed by atoms with Crippen molar-refractivity contribution in [2.24, 2.45) is 0 Å². The molecule has 6 nitrogen and oxygen atoms in total. The summed E-state index contributed by atoms with van der Waals surface area (Å²) in [6.07, 6.45) is 9.59. The fourth-order valence-corrected chi connectivity index (χ4v) is 16.9. The smallest absolute Gasteiger partial charge is 0.252 e. The third-order valence-electron chi connectivity index (χ3n) is 21.0. The second-order valence-corrected chi connectivity index (χ2v) is 24.7. The maximum atomic E-state index is 7.05.